The quantitative estimate of drug-likeness (QED) is 0.777. The first kappa shape index (κ1) is 19.7. The van der Waals surface area contributed by atoms with E-state index in [2.05, 4.69) is 20.5 Å². The van der Waals surface area contributed by atoms with Crippen LogP contribution in [-0.2, 0) is 9.59 Å². The summed E-state index contributed by atoms with van der Waals surface area (Å²) in [7, 11) is 1.58. The molecule has 0 radical (unpaired) electrons. The van der Waals surface area contributed by atoms with Gasteiger partial charge in [0.15, 0.2) is 0 Å². The highest BCUT2D eigenvalue weighted by Crippen LogP contribution is 2.26. The molecule has 2 heterocycles. The maximum absolute atomic E-state index is 12.3. The van der Waals surface area contributed by atoms with Gasteiger partial charge in [-0.05, 0) is 44.9 Å². The fourth-order valence-electron chi connectivity index (χ4n) is 3.31. The summed E-state index contributed by atoms with van der Waals surface area (Å²) >= 11 is 0. The summed E-state index contributed by atoms with van der Waals surface area (Å²) in [6.45, 7) is 5.78. The molecule has 2 aromatic rings. The van der Waals surface area contributed by atoms with Gasteiger partial charge in [0.05, 0.1) is 25.0 Å². The Bertz CT molecular complexity index is 845. The fraction of sp³-hybridized carbons (Fsp3) is 0.381. The van der Waals surface area contributed by atoms with Gasteiger partial charge in [0.1, 0.15) is 11.6 Å². The van der Waals surface area contributed by atoms with Crippen molar-refractivity contribution >= 4 is 23.3 Å². The first-order valence-corrected chi connectivity index (χ1v) is 9.45. The lowest BCUT2D eigenvalue weighted by Crippen LogP contribution is -2.37. The second-order valence-electron chi connectivity index (χ2n) is 6.99. The van der Waals surface area contributed by atoms with E-state index in [0.29, 0.717) is 11.4 Å². The Labute approximate surface area is 165 Å². The van der Waals surface area contributed by atoms with Crippen LogP contribution in [0.4, 0.5) is 11.5 Å². The van der Waals surface area contributed by atoms with Crippen molar-refractivity contribution in [1.29, 1.82) is 0 Å². The Balaban J connectivity index is 1.60. The van der Waals surface area contributed by atoms with Gasteiger partial charge in [0.2, 0.25) is 0 Å². The number of hydrogen-bond acceptors (Lipinski definition) is 5. The molecule has 1 aliphatic heterocycles. The topological polar surface area (TPSA) is 83.6 Å². The number of nitrogens with zero attached hydrogens (tertiary/aromatic N) is 2. The molecule has 0 unspecified atom stereocenters. The molecule has 7 heteroatoms. The van der Waals surface area contributed by atoms with Crippen LogP contribution in [0.2, 0.25) is 0 Å². The summed E-state index contributed by atoms with van der Waals surface area (Å²) in [5.74, 6) is 0.120. The normalized spacial score (nSPS) is 14.5. The van der Waals surface area contributed by atoms with Crippen molar-refractivity contribution in [1.82, 2.24) is 10.3 Å². The van der Waals surface area contributed by atoms with Crippen molar-refractivity contribution in [2.75, 3.05) is 30.4 Å². The number of methoxy groups -OCH3 is 1. The molecule has 1 atom stereocenters. The average molecular weight is 382 g/mol. The van der Waals surface area contributed by atoms with Crippen LogP contribution in [0.5, 0.6) is 5.75 Å². The number of carbonyl (C=O) groups is 2. The number of amides is 2. The summed E-state index contributed by atoms with van der Waals surface area (Å²) in [4.78, 5) is 31.1. The van der Waals surface area contributed by atoms with Crippen LogP contribution in [0.15, 0.2) is 36.5 Å². The van der Waals surface area contributed by atoms with Crippen molar-refractivity contribution in [3.63, 3.8) is 0 Å². The van der Waals surface area contributed by atoms with Crippen LogP contribution in [0.1, 0.15) is 36.9 Å². The molecule has 2 amide bonds. The van der Waals surface area contributed by atoms with Gasteiger partial charge in [-0.2, -0.15) is 0 Å². The molecular formula is C21H26N4O3. The molecule has 7 nitrogen and oxygen atoms in total. The first-order valence-electron chi connectivity index (χ1n) is 9.45. The van der Waals surface area contributed by atoms with Crippen LogP contribution in [0.25, 0.3) is 0 Å². The smallest absolute Gasteiger partial charge is 0.313 e. The van der Waals surface area contributed by atoms with Crippen molar-refractivity contribution < 1.29 is 14.3 Å². The van der Waals surface area contributed by atoms with Crippen molar-refractivity contribution in [3.8, 4) is 5.75 Å². The van der Waals surface area contributed by atoms with Crippen molar-refractivity contribution in [3.05, 3.63) is 47.7 Å². The van der Waals surface area contributed by atoms with E-state index in [0.717, 1.165) is 30.0 Å². The van der Waals surface area contributed by atoms with E-state index >= 15 is 0 Å². The molecule has 28 heavy (non-hydrogen) atoms. The molecule has 1 aromatic heterocycles. The molecule has 0 spiro atoms. The zero-order chi connectivity index (χ0) is 20.1. The lowest BCUT2D eigenvalue weighted by molar-refractivity contribution is -0.136. The van der Waals surface area contributed by atoms with Crippen LogP contribution < -0.4 is 20.3 Å². The van der Waals surface area contributed by atoms with Gasteiger partial charge in [0, 0.05) is 18.7 Å². The minimum Gasteiger partial charge on any atom is -0.496 e. The minimum absolute atomic E-state index is 0.372. The zero-order valence-electron chi connectivity index (χ0n) is 16.5. The number of hydrogen-bond donors (Lipinski definition) is 2. The second-order valence-corrected chi connectivity index (χ2v) is 6.99. The molecule has 0 saturated carbocycles. The van der Waals surface area contributed by atoms with Gasteiger partial charge in [-0.3, -0.25) is 9.59 Å². The Morgan fingerprint density at radius 1 is 1.14 bits per heavy atom. The number of anilines is 2. The maximum Gasteiger partial charge on any atom is 0.313 e. The number of carbonyl (C=O) groups excluding carboxylic acids is 2. The van der Waals surface area contributed by atoms with Crippen LogP contribution in [0, 0.1) is 6.92 Å². The molecule has 1 saturated heterocycles. The monoisotopic (exact) mass is 382 g/mol. The van der Waals surface area contributed by atoms with Crippen molar-refractivity contribution in [2.24, 2.45) is 0 Å². The number of rotatable bonds is 5. The molecule has 148 valence electrons. The highest BCUT2D eigenvalue weighted by molar-refractivity contribution is 6.39. The number of aryl methyl sites for hydroxylation is 1. The summed E-state index contributed by atoms with van der Waals surface area (Å²) in [5, 5.41) is 5.31. The number of ether oxygens (including phenoxy) is 1. The molecule has 1 aromatic carbocycles. The Kier molecular flexibility index (Phi) is 6.13. The highest BCUT2D eigenvalue weighted by atomic mass is 16.5. The van der Waals surface area contributed by atoms with Crippen LogP contribution in [-0.4, -0.2) is 37.0 Å². The molecule has 2 N–H and O–H groups in total. The summed E-state index contributed by atoms with van der Waals surface area (Å²) in [5.41, 5.74) is 2.36. The number of nitrogens with one attached hydrogen (secondary N) is 2. The lowest BCUT2D eigenvalue weighted by Gasteiger charge is -2.18. The number of aromatic nitrogens is 1. The Morgan fingerprint density at radius 2 is 1.89 bits per heavy atom. The average Bonchev–Trinajstić information content (AvgIpc) is 3.23. The van der Waals surface area contributed by atoms with E-state index in [4.69, 9.17) is 4.74 Å². The Morgan fingerprint density at radius 3 is 2.54 bits per heavy atom. The van der Waals surface area contributed by atoms with E-state index in [-0.39, 0.29) is 6.04 Å². The molecule has 1 fully saturated rings. The van der Waals surface area contributed by atoms with Gasteiger partial charge in [-0.1, -0.05) is 17.7 Å². The lowest BCUT2D eigenvalue weighted by atomic mass is 10.0. The molecule has 0 aliphatic carbocycles. The largest absolute Gasteiger partial charge is 0.496 e. The zero-order valence-corrected chi connectivity index (χ0v) is 16.5. The van der Waals surface area contributed by atoms with Crippen LogP contribution >= 0.6 is 0 Å². The molecule has 0 bridgehead atoms. The van der Waals surface area contributed by atoms with E-state index in [1.54, 1.807) is 19.4 Å². The first-order chi connectivity index (χ1) is 13.5. The highest BCUT2D eigenvalue weighted by Gasteiger charge is 2.20. The van der Waals surface area contributed by atoms with Crippen molar-refractivity contribution in [2.45, 2.75) is 32.7 Å². The van der Waals surface area contributed by atoms with E-state index in [1.165, 1.54) is 12.8 Å². The summed E-state index contributed by atoms with van der Waals surface area (Å²) in [6, 6.07) is 8.97. The van der Waals surface area contributed by atoms with E-state index < -0.39 is 11.8 Å². The minimum atomic E-state index is -0.728. The molecular weight excluding hydrogens is 356 g/mol. The SMILES string of the molecule is COc1ccc(C)cc1[C@H](C)NC(=O)C(=O)Nc1ccc(N2CCCC2)nc1. The third kappa shape index (κ3) is 4.60. The predicted octanol–water partition coefficient (Wildman–Crippen LogP) is 2.81. The predicted molar refractivity (Wildman–Crippen MR) is 109 cm³/mol. The van der Waals surface area contributed by atoms with Gasteiger partial charge in [0.25, 0.3) is 0 Å². The van der Waals surface area contributed by atoms with Crippen LogP contribution in [0.3, 0.4) is 0 Å². The third-order valence-electron chi connectivity index (χ3n) is 4.84. The van der Waals surface area contributed by atoms with E-state index in [1.807, 2.05) is 38.1 Å². The van der Waals surface area contributed by atoms with Gasteiger partial charge in [-0.25, -0.2) is 4.98 Å². The Hall–Kier alpha value is -3.09. The van der Waals surface area contributed by atoms with Gasteiger partial charge >= 0.3 is 11.8 Å². The summed E-state index contributed by atoms with van der Waals surface area (Å²) < 4.78 is 5.35. The second kappa shape index (κ2) is 8.73. The standard InChI is InChI=1S/C21H26N4O3/c1-14-6-8-18(28-3)17(12-14)15(2)23-20(26)21(27)24-16-7-9-19(22-13-16)25-10-4-5-11-25/h6-9,12-13,15H,4-5,10-11H2,1-3H3,(H,23,26)(H,24,27)/t15-/m0/s1. The van der Waals surface area contributed by atoms with Gasteiger partial charge < -0.3 is 20.3 Å². The fourth-order valence-corrected chi connectivity index (χ4v) is 3.31. The third-order valence-corrected chi connectivity index (χ3v) is 4.84. The van der Waals surface area contributed by atoms with Gasteiger partial charge in [-0.15, -0.1) is 0 Å². The summed E-state index contributed by atoms with van der Waals surface area (Å²) in [6.07, 6.45) is 3.92. The number of benzene rings is 1. The number of pyridine rings is 1. The maximum atomic E-state index is 12.3. The van der Waals surface area contributed by atoms with E-state index in [9.17, 15) is 9.59 Å². The molecule has 1 aliphatic rings. The molecule has 3 rings (SSSR count).